The molecule has 3 atom stereocenters. The lowest BCUT2D eigenvalue weighted by Crippen LogP contribution is -2.36. The summed E-state index contributed by atoms with van der Waals surface area (Å²) in [5.74, 6) is 0.977. The average molecular weight is 275 g/mol. The molecule has 2 aliphatic heterocycles. The molecule has 110 valence electrons. The lowest BCUT2D eigenvalue weighted by molar-refractivity contribution is 0.0973. The number of benzene rings is 1. The minimum absolute atomic E-state index is 0.455. The van der Waals surface area contributed by atoms with Crippen LogP contribution in [0.15, 0.2) is 24.3 Å². The van der Waals surface area contributed by atoms with Gasteiger partial charge in [0.05, 0.1) is 18.8 Å². The Hall–Kier alpha value is -1.06. The van der Waals surface area contributed by atoms with Gasteiger partial charge in [-0.2, -0.15) is 0 Å². The number of unbranched alkanes of at least 4 members (excludes halogenated alkanes) is 1. The maximum atomic E-state index is 5.86. The van der Waals surface area contributed by atoms with Crippen LogP contribution in [0, 0.1) is 0 Å². The summed E-state index contributed by atoms with van der Waals surface area (Å²) >= 11 is 0. The maximum Gasteiger partial charge on any atom is 0.119 e. The van der Waals surface area contributed by atoms with Crippen molar-refractivity contribution in [2.24, 2.45) is 0 Å². The summed E-state index contributed by atoms with van der Waals surface area (Å²) in [5, 5.41) is 3.64. The summed E-state index contributed by atoms with van der Waals surface area (Å²) in [7, 11) is 0. The number of rotatable bonds is 7. The third-order valence-corrected chi connectivity index (χ3v) is 4.36. The molecule has 2 aliphatic rings. The van der Waals surface area contributed by atoms with Gasteiger partial charge in [-0.25, -0.2) is 0 Å². The quantitative estimate of drug-likeness (QED) is 0.775. The molecule has 20 heavy (non-hydrogen) atoms. The van der Waals surface area contributed by atoms with E-state index in [-0.39, 0.29) is 0 Å². The van der Waals surface area contributed by atoms with Gasteiger partial charge in [0.1, 0.15) is 5.75 Å². The van der Waals surface area contributed by atoms with E-state index in [9.17, 15) is 0 Å². The molecule has 0 amide bonds. The molecular weight excluding hydrogens is 250 g/mol. The minimum Gasteiger partial charge on any atom is -0.494 e. The molecular formula is C17H25NO2. The van der Waals surface area contributed by atoms with Crippen LogP contribution in [-0.4, -0.2) is 24.9 Å². The van der Waals surface area contributed by atoms with E-state index in [1.807, 2.05) is 0 Å². The molecule has 2 saturated heterocycles. The van der Waals surface area contributed by atoms with Crippen molar-refractivity contribution in [2.45, 2.75) is 63.8 Å². The van der Waals surface area contributed by atoms with Crippen molar-refractivity contribution in [2.75, 3.05) is 6.61 Å². The van der Waals surface area contributed by atoms with Gasteiger partial charge < -0.3 is 14.8 Å². The molecule has 3 unspecified atom stereocenters. The second-order valence-corrected chi connectivity index (χ2v) is 5.94. The molecule has 3 heteroatoms. The fraction of sp³-hybridized carbons (Fsp3) is 0.647. The van der Waals surface area contributed by atoms with Crippen LogP contribution >= 0.6 is 0 Å². The zero-order valence-corrected chi connectivity index (χ0v) is 12.3. The number of hydrogen-bond donors (Lipinski definition) is 1. The van der Waals surface area contributed by atoms with Crippen LogP contribution in [-0.2, 0) is 11.3 Å². The number of nitrogens with one attached hydrogen (secondary N) is 1. The molecule has 0 spiro atoms. The van der Waals surface area contributed by atoms with Crippen molar-refractivity contribution in [1.29, 1.82) is 0 Å². The van der Waals surface area contributed by atoms with Gasteiger partial charge in [-0.05, 0) is 43.4 Å². The summed E-state index contributed by atoms with van der Waals surface area (Å²) < 4.78 is 11.5. The van der Waals surface area contributed by atoms with E-state index in [1.54, 1.807) is 0 Å². The van der Waals surface area contributed by atoms with E-state index in [0.29, 0.717) is 18.2 Å². The third kappa shape index (κ3) is 3.33. The first-order chi connectivity index (χ1) is 9.85. The molecule has 0 aromatic heterocycles. The van der Waals surface area contributed by atoms with Gasteiger partial charge in [0.2, 0.25) is 0 Å². The van der Waals surface area contributed by atoms with E-state index < -0.39 is 0 Å². The lowest BCUT2D eigenvalue weighted by Gasteiger charge is -2.20. The molecule has 0 radical (unpaired) electrons. The predicted octanol–water partition coefficient (Wildman–Crippen LogP) is 3.28. The van der Waals surface area contributed by atoms with E-state index in [1.165, 1.54) is 31.2 Å². The van der Waals surface area contributed by atoms with Crippen molar-refractivity contribution in [3.63, 3.8) is 0 Å². The topological polar surface area (TPSA) is 30.5 Å². The predicted molar refractivity (Wildman–Crippen MR) is 80.0 cm³/mol. The Kier molecular flexibility index (Phi) is 4.58. The van der Waals surface area contributed by atoms with Crippen LogP contribution in [0.2, 0.25) is 0 Å². The molecule has 0 aliphatic carbocycles. The third-order valence-electron chi connectivity index (χ3n) is 4.36. The van der Waals surface area contributed by atoms with Crippen molar-refractivity contribution in [3.8, 4) is 5.75 Å². The molecule has 1 aromatic rings. The van der Waals surface area contributed by atoms with Gasteiger partial charge in [0.15, 0.2) is 0 Å². The normalized spacial score (nSPS) is 27.9. The highest BCUT2D eigenvalue weighted by atomic mass is 16.5. The van der Waals surface area contributed by atoms with E-state index in [2.05, 4.69) is 36.5 Å². The van der Waals surface area contributed by atoms with Crippen LogP contribution in [0.4, 0.5) is 0 Å². The molecule has 2 fully saturated rings. The van der Waals surface area contributed by atoms with Gasteiger partial charge in [-0.1, -0.05) is 25.5 Å². The second-order valence-electron chi connectivity index (χ2n) is 5.94. The second kappa shape index (κ2) is 6.59. The summed E-state index contributed by atoms with van der Waals surface area (Å²) in [6.07, 6.45) is 6.94. The summed E-state index contributed by atoms with van der Waals surface area (Å²) in [6.45, 7) is 3.92. The first-order valence-electron chi connectivity index (χ1n) is 7.95. The number of hydrogen-bond acceptors (Lipinski definition) is 3. The Morgan fingerprint density at radius 2 is 2.10 bits per heavy atom. The Morgan fingerprint density at radius 1 is 1.25 bits per heavy atom. The molecule has 0 saturated carbocycles. The van der Waals surface area contributed by atoms with E-state index >= 15 is 0 Å². The maximum absolute atomic E-state index is 5.86. The van der Waals surface area contributed by atoms with Crippen LogP contribution in [0.1, 0.15) is 44.6 Å². The molecule has 1 N–H and O–H groups in total. The van der Waals surface area contributed by atoms with E-state index in [0.717, 1.165) is 25.3 Å². The Labute approximate surface area is 121 Å². The van der Waals surface area contributed by atoms with Crippen molar-refractivity contribution in [3.05, 3.63) is 29.8 Å². The fourth-order valence-electron chi connectivity index (χ4n) is 3.14. The molecule has 2 heterocycles. The lowest BCUT2D eigenvalue weighted by atomic mass is 9.95. The molecule has 3 rings (SSSR count). The largest absolute Gasteiger partial charge is 0.494 e. The Bertz CT molecular complexity index is 418. The van der Waals surface area contributed by atoms with Crippen LogP contribution in [0.25, 0.3) is 0 Å². The number of fused-ring (bicyclic) bond motifs is 2. The summed E-state index contributed by atoms with van der Waals surface area (Å²) in [6, 6.07) is 9.01. The molecule has 2 bridgehead atoms. The van der Waals surface area contributed by atoms with Gasteiger partial charge in [-0.3, -0.25) is 0 Å². The zero-order chi connectivity index (χ0) is 13.8. The van der Waals surface area contributed by atoms with E-state index in [4.69, 9.17) is 9.47 Å². The first-order valence-corrected chi connectivity index (χ1v) is 7.95. The average Bonchev–Trinajstić information content (AvgIpc) is 3.09. The Balaban J connectivity index is 1.44. The fourth-order valence-corrected chi connectivity index (χ4v) is 3.14. The molecule has 3 nitrogen and oxygen atoms in total. The van der Waals surface area contributed by atoms with Gasteiger partial charge >= 0.3 is 0 Å². The highest BCUT2D eigenvalue weighted by Gasteiger charge is 2.40. The summed E-state index contributed by atoms with van der Waals surface area (Å²) in [5.41, 5.74) is 1.32. The van der Waals surface area contributed by atoms with Gasteiger partial charge in [0.25, 0.3) is 0 Å². The highest BCUT2D eigenvalue weighted by molar-refractivity contribution is 5.27. The highest BCUT2D eigenvalue weighted by Crippen LogP contribution is 2.34. The smallest absolute Gasteiger partial charge is 0.119 e. The zero-order valence-electron chi connectivity index (χ0n) is 12.3. The SMILES string of the molecule is CCCCOc1ccc(CNC2CC3CCC2O3)cc1. The van der Waals surface area contributed by atoms with Crippen LogP contribution in [0.3, 0.4) is 0 Å². The monoisotopic (exact) mass is 275 g/mol. The standard InChI is InChI=1S/C17H25NO2/c1-2-3-10-19-14-6-4-13(5-7-14)12-18-16-11-15-8-9-17(16)20-15/h4-7,15-18H,2-3,8-12H2,1H3. The van der Waals surface area contributed by atoms with Crippen molar-refractivity contribution in [1.82, 2.24) is 5.32 Å². The number of ether oxygens (including phenoxy) is 2. The van der Waals surface area contributed by atoms with Crippen LogP contribution in [0.5, 0.6) is 5.75 Å². The summed E-state index contributed by atoms with van der Waals surface area (Å²) in [4.78, 5) is 0. The van der Waals surface area contributed by atoms with Gasteiger partial charge in [-0.15, -0.1) is 0 Å². The van der Waals surface area contributed by atoms with Crippen LogP contribution < -0.4 is 10.1 Å². The minimum atomic E-state index is 0.455. The Morgan fingerprint density at radius 3 is 2.75 bits per heavy atom. The molecule has 1 aromatic carbocycles. The first kappa shape index (κ1) is 13.9. The van der Waals surface area contributed by atoms with Gasteiger partial charge in [0, 0.05) is 12.6 Å². The van der Waals surface area contributed by atoms with Crippen molar-refractivity contribution >= 4 is 0 Å². The van der Waals surface area contributed by atoms with Crippen molar-refractivity contribution < 1.29 is 9.47 Å².